The van der Waals surface area contributed by atoms with Gasteiger partial charge in [0.15, 0.2) is 11.6 Å². The zero-order valence-electron chi connectivity index (χ0n) is 11.7. The molecule has 0 saturated carbocycles. The molecule has 0 radical (unpaired) electrons. The minimum Gasteiger partial charge on any atom is -0.306 e. The average Bonchev–Trinajstić information content (AvgIpc) is 2.43. The van der Waals surface area contributed by atoms with Crippen molar-refractivity contribution < 1.29 is 9.18 Å². The van der Waals surface area contributed by atoms with E-state index in [2.05, 4.69) is 15.8 Å². The van der Waals surface area contributed by atoms with Gasteiger partial charge in [0.05, 0.1) is 5.56 Å². The van der Waals surface area contributed by atoms with Crippen LogP contribution in [0.1, 0.15) is 43.5 Å². The van der Waals surface area contributed by atoms with E-state index in [4.69, 9.17) is 5.84 Å². The summed E-state index contributed by atoms with van der Waals surface area (Å²) in [6.45, 7) is 4.09. The number of nitrogens with zero attached hydrogens (tertiary/aromatic N) is 2. The Morgan fingerprint density at radius 1 is 1.45 bits per heavy atom. The third kappa shape index (κ3) is 2.88. The quantitative estimate of drug-likeness (QED) is 0.576. The third-order valence-corrected chi connectivity index (χ3v) is 3.69. The van der Waals surface area contributed by atoms with Crippen LogP contribution < -0.4 is 16.7 Å². The Kier molecular flexibility index (Phi) is 4.51. The summed E-state index contributed by atoms with van der Waals surface area (Å²) in [6, 6.07) is 1.81. The van der Waals surface area contributed by atoms with Crippen molar-refractivity contribution in [2.75, 3.05) is 5.43 Å². The number of nitrogen functional groups attached to an aromatic ring is 1. The predicted octanol–water partition coefficient (Wildman–Crippen LogP) is 1.41. The number of piperidine rings is 1. The molecule has 1 aliphatic heterocycles. The Balaban J connectivity index is 2.15. The van der Waals surface area contributed by atoms with Gasteiger partial charge in [-0.3, -0.25) is 10.2 Å². The number of carbonyl (C=O) groups excluding carboxylic acids is 1. The van der Waals surface area contributed by atoms with Crippen LogP contribution in [0.4, 0.5) is 10.2 Å². The molecular formula is C13H20FN5O. The summed E-state index contributed by atoms with van der Waals surface area (Å²) in [6.07, 6.45) is 4.51. The fourth-order valence-electron chi connectivity index (χ4n) is 2.54. The summed E-state index contributed by atoms with van der Waals surface area (Å²) in [5.74, 6) is 3.78. The number of nitrogens with one attached hydrogen (secondary N) is 2. The first-order chi connectivity index (χ1) is 9.54. The zero-order chi connectivity index (χ0) is 14.7. The molecule has 0 spiro atoms. The monoisotopic (exact) mass is 281 g/mol. The standard InChI is InChI=1S/C13H20FN5O/c1-8-4-3-5-9(2)19(8)18-13(20)10-6-7-16-12(17-15)11(10)14/h6-9H,3-5,15H2,1-2H3,(H,16,17)(H,18,20). The first kappa shape index (κ1) is 14.7. The van der Waals surface area contributed by atoms with Gasteiger partial charge in [-0.05, 0) is 32.8 Å². The number of aromatic nitrogens is 1. The second-order valence-electron chi connectivity index (χ2n) is 5.14. The van der Waals surface area contributed by atoms with Crippen LogP contribution in [0.15, 0.2) is 12.3 Å². The van der Waals surface area contributed by atoms with Gasteiger partial charge in [-0.2, -0.15) is 0 Å². The molecule has 2 unspecified atom stereocenters. The van der Waals surface area contributed by atoms with E-state index in [0.717, 1.165) is 19.3 Å². The molecule has 1 aromatic rings. The lowest BCUT2D eigenvalue weighted by Gasteiger charge is -2.38. The average molecular weight is 281 g/mol. The maximum atomic E-state index is 14.0. The summed E-state index contributed by atoms with van der Waals surface area (Å²) >= 11 is 0. The highest BCUT2D eigenvalue weighted by Crippen LogP contribution is 2.21. The number of rotatable bonds is 3. The van der Waals surface area contributed by atoms with E-state index in [0.29, 0.717) is 0 Å². The van der Waals surface area contributed by atoms with Crippen molar-refractivity contribution in [3.05, 3.63) is 23.6 Å². The van der Waals surface area contributed by atoms with Crippen molar-refractivity contribution in [2.24, 2.45) is 5.84 Å². The number of hydrogen-bond acceptors (Lipinski definition) is 5. The molecule has 6 nitrogen and oxygen atoms in total. The Morgan fingerprint density at radius 3 is 2.70 bits per heavy atom. The van der Waals surface area contributed by atoms with E-state index in [1.165, 1.54) is 12.3 Å². The van der Waals surface area contributed by atoms with Crippen molar-refractivity contribution in [2.45, 2.75) is 45.2 Å². The maximum Gasteiger partial charge on any atom is 0.268 e. The number of pyridine rings is 1. The van der Waals surface area contributed by atoms with Crippen LogP contribution in [0.5, 0.6) is 0 Å². The molecule has 0 bridgehead atoms. The van der Waals surface area contributed by atoms with E-state index >= 15 is 0 Å². The van der Waals surface area contributed by atoms with Gasteiger partial charge in [0.25, 0.3) is 5.91 Å². The molecule has 2 heterocycles. The third-order valence-electron chi connectivity index (χ3n) is 3.69. The van der Waals surface area contributed by atoms with Crippen LogP contribution in [0.2, 0.25) is 0 Å². The van der Waals surface area contributed by atoms with Gasteiger partial charge in [0.2, 0.25) is 0 Å². The second-order valence-corrected chi connectivity index (χ2v) is 5.14. The van der Waals surface area contributed by atoms with Gasteiger partial charge >= 0.3 is 0 Å². The fraction of sp³-hybridized carbons (Fsp3) is 0.538. The van der Waals surface area contributed by atoms with Crippen molar-refractivity contribution in [3.63, 3.8) is 0 Å². The maximum absolute atomic E-state index is 14.0. The minimum atomic E-state index is -0.746. The summed E-state index contributed by atoms with van der Waals surface area (Å²) in [4.78, 5) is 15.9. The molecule has 1 fully saturated rings. The SMILES string of the molecule is CC1CCCC(C)N1NC(=O)c1ccnc(NN)c1F. The van der Waals surface area contributed by atoms with Gasteiger partial charge in [-0.25, -0.2) is 20.2 Å². The predicted molar refractivity (Wildman–Crippen MR) is 74.1 cm³/mol. The minimum absolute atomic E-state index is 0.0714. The lowest BCUT2D eigenvalue weighted by atomic mass is 10.00. The van der Waals surface area contributed by atoms with E-state index in [9.17, 15) is 9.18 Å². The molecule has 1 amide bonds. The first-order valence-electron chi connectivity index (χ1n) is 6.75. The smallest absolute Gasteiger partial charge is 0.268 e. The van der Waals surface area contributed by atoms with E-state index in [-0.39, 0.29) is 23.5 Å². The Morgan fingerprint density at radius 2 is 2.10 bits per heavy atom. The highest BCUT2D eigenvalue weighted by Gasteiger charge is 2.27. The van der Waals surface area contributed by atoms with Crippen LogP contribution in [-0.4, -0.2) is 28.0 Å². The Hall–Kier alpha value is -1.73. The molecule has 20 heavy (non-hydrogen) atoms. The number of hydrogen-bond donors (Lipinski definition) is 3. The molecular weight excluding hydrogens is 261 g/mol. The van der Waals surface area contributed by atoms with Crippen LogP contribution in [0.3, 0.4) is 0 Å². The fourth-order valence-corrected chi connectivity index (χ4v) is 2.54. The van der Waals surface area contributed by atoms with Gasteiger partial charge in [0, 0.05) is 18.3 Å². The molecule has 4 N–H and O–H groups in total. The number of nitrogens with two attached hydrogens (primary N) is 1. The van der Waals surface area contributed by atoms with Crippen molar-refractivity contribution in [1.29, 1.82) is 0 Å². The number of carbonyl (C=O) groups is 1. The molecule has 2 atom stereocenters. The van der Waals surface area contributed by atoms with Crippen LogP contribution in [0.25, 0.3) is 0 Å². The Bertz CT molecular complexity index is 486. The molecule has 1 saturated heterocycles. The molecule has 7 heteroatoms. The van der Waals surface area contributed by atoms with Gasteiger partial charge in [-0.1, -0.05) is 6.42 Å². The molecule has 110 valence electrons. The van der Waals surface area contributed by atoms with Gasteiger partial charge in [-0.15, -0.1) is 0 Å². The molecule has 0 aromatic carbocycles. The van der Waals surface area contributed by atoms with E-state index in [1.807, 2.05) is 18.9 Å². The summed E-state index contributed by atoms with van der Waals surface area (Å²) in [5.41, 5.74) is 4.85. The normalized spacial score (nSPS) is 23.4. The molecule has 2 rings (SSSR count). The van der Waals surface area contributed by atoms with E-state index < -0.39 is 11.7 Å². The highest BCUT2D eigenvalue weighted by molar-refractivity contribution is 5.94. The number of anilines is 1. The van der Waals surface area contributed by atoms with Crippen molar-refractivity contribution in [3.8, 4) is 0 Å². The first-order valence-corrected chi connectivity index (χ1v) is 6.75. The topological polar surface area (TPSA) is 83.3 Å². The molecule has 0 aliphatic carbocycles. The van der Waals surface area contributed by atoms with Crippen molar-refractivity contribution >= 4 is 11.7 Å². The van der Waals surface area contributed by atoms with Crippen LogP contribution >= 0.6 is 0 Å². The summed E-state index contributed by atoms with van der Waals surface area (Å²) < 4.78 is 14.0. The summed E-state index contributed by atoms with van der Waals surface area (Å²) in [5, 5.41) is 1.89. The summed E-state index contributed by atoms with van der Waals surface area (Å²) in [7, 11) is 0. The van der Waals surface area contributed by atoms with Crippen molar-refractivity contribution in [1.82, 2.24) is 15.4 Å². The van der Waals surface area contributed by atoms with Crippen LogP contribution in [0, 0.1) is 5.82 Å². The Labute approximate surface area is 117 Å². The number of halogens is 1. The zero-order valence-corrected chi connectivity index (χ0v) is 11.7. The van der Waals surface area contributed by atoms with Gasteiger partial charge in [0.1, 0.15) is 0 Å². The highest BCUT2D eigenvalue weighted by atomic mass is 19.1. The number of amides is 1. The lowest BCUT2D eigenvalue weighted by molar-refractivity contribution is 0.0367. The molecule has 1 aliphatic rings. The number of hydrazine groups is 2. The second kappa shape index (κ2) is 6.15. The van der Waals surface area contributed by atoms with Gasteiger partial charge < -0.3 is 5.43 Å². The van der Waals surface area contributed by atoms with E-state index in [1.54, 1.807) is 0 Å². The largest absolute Gasteiger partial charge is 0.306 e. The lowest BCUT2D eigenvalue weighted by Crippen LogP contribution is -2.54. The molecule has 1 aromatic heterocycles. The van der Waals surface area contributed by atoms with Crippen LogP contribution in [-0.2, 0) is 0 Å².